The number of aromatic nitrogens is 1. The Hall–Kier alpha value is -3.44. The molecular formula is C27H28NO4-. The number of ketones is 1. The largest absolute Gasteiger partial charge is 0.547 e. The first kappa shape index (κ1) is 23.2. The van der Waals surface area contributed by atoms with E-state index in [1.54, 1.807) is 0 Å². The fourth-order valence-corrected chi connectivity index (χ4v) is 3.21. The smallest absolute Gasteiger partial charge is 0.209 e. The highest BCUT2D eigenvalue weighted by atomic mass is 16.5. The second-order valence-corrected chi connectivity index (χ2v) is 8.28. The summed E-state index contributed by atoms with van der Waals surface area (Å²) in [6, 6.07) is 19.3. The van der Waals surface area contributed by atoms with Crippen LogP contribution in [0.15, 0.2) is 72.9 Å². The molecule has 0 aliphatic heterocycles. The molecule has 0 bridgehead atoms. The average Bonchev–Trinajstić information content (AvgIpc) is 3.23. The van der Waals surface area contributed by atoms with Crippen molar-refractivity contribution in [2.24, 2.45) is 0 Å². The summed E-state index contributed by atoms with van der Waals surface area (Å²) >= 11 is 0. The normalized spacial score (nSPS) is 11.7. The van der Waals surface area contributed by atoms with Crippen molar-refractivity contribution in [2.75, 3.05) is 6.61 Å². The molecule has 5 nitrogen and oxygen atoms in total. The van der Waals surface area contributed by atoms with E-state index in [2.05, 4.69) is 0 Å². The molecule has 0 aliphatic carbocycles. The van der Waals surface area contributed by atoms with Gasteiger partial charge in [0.05, 0.1) is 18.3 Å². The minimum Gasteiger partial charge on any atom is -0.547 e. The number of ether oxygens (including phenoxy) is 1. The van der Waals surface area contributed by atoms with E-state index in [-0.39, 0.29) is 5.78 Å². The van der Waals surface area contributed by atoms with Crippen LogP contribution in [-0.2, 0) is 22.5 Å². The maximum Gasteiger partial charge on any atom is 0.209 e. The highest BCUT2D eigenvalue weighted by Crippen LogP contribution is 2.14. The van der Waals surface area contributed by atoms with Crippen molar-refractivity contribution in [3.05, 3.63) is 101 Å². The molecule has 0 unspecified atom stereocenters. The summed E-state index contributed by atoms with van der Waals surface area (Å²) in [5.74, 6) is -1.21. The summed E-state index contributed by atoms with van der Waals surface area (Å²) in [5.41, 5.74) is 3.28. The van der Waals surface area contributed by atoms with Crippen LogP contribution >= 0.6 is 0 Å². The maximum absolute atomic E-state index is 12.8. The summed E-state index contributed by atoms with van der Waals surface area (Å²) in [5, 5.41) is 11.0. The SMILES string of the molecule is Cc1ccc(C(=O)c2cccn2C/C=C/c2ccc(CCOC(C)(C)C(=O)[O-])cc2)cc1. The van der Waals surface area contributed by atoms with Crippen molar-refractivity contribution in [1.29, 1.82) is 0 Å². The molecular weight excluding hydrogens is 402 g/mol. The minimum atomic E-state index is -1.29. The molecule has 2 aromatic carbocycles. The van der Waals surface area contributed by atoms with Crippen LogP contribution in [0.25, 0.3) is 6.08 Å². The molecule has 0 aliphatic rings. The van der Waals surface area contributed by atoms with Gasteiger partial charge < -0.3 is 19.2 Å². The molecule has 1 aromatic heterocycles. The van der Waals surface area contributed by atoms with E-state index in [1.165, 1.54) is 13.8 Å². The van der Waals surface area contributed by atoms with Crippen LogP contribution in [-0.4, -0.2) is 28.5 Å². The predicted octanol–water partition coefficient (Wildman–Crippen LogP) is 3.83. The van der Waals surface area contributed by atoms with E-state index in [4.69, 9.17) is 4.74 Å². The number of hydrogen-bond donors (Lipinski definition) is 0. The topological polar surface area (TPSA) is 71.4 Å². The van der Waals surface area contributed by atoms with Gasteiger partial charge in [-0.3, -0.25) is 4.79 Å². The number of aliphatic carboxylic acids is 1. The summed E-state index contributed by atoms with van der Waals surface area (Å²) in [4.78, 5) is 23.8. The number of carbonyl (C=O) groups is 2. The lowest BCUT2D eigenvalue weighted by molar-refractivity contribution is -0.325. The number of hydrogen-bond acceptors (Lipinski definition) is 4. The first-order valence-corrected chi connectivity index (χ1v) is 10.6. The van der Waals surface area contributed by atoms with Crippen molar-refractivity contribution >= 4 is 17.8 Å². The average molecular weight is 431 g/mol. The van der Waals surface area contributed by atoms with Gasteiger partial charge in [0.15, 0.2) is 0 Å². The molecule has 0 saturated heterocycles. The lowest BCUT2D eigenvalue weighted by Crippen LogP contribution is -2.46. The van der Waals surface area contributed by atoms with Gasteiger partial charge in [-0.2, -0.15) is 0 Å². The number of carboxylic acids is 1. The monoisotopic (exact) mass is 430 g/mol. The Balaban J connectivity index is 1.56. The van der Waals surface area contributed by atoms with Gasteiger partial charge in [-0.05, 0) is 50.5 Å². The Labute approximate surface area is 189 Å². The molecule has 32 heavy (non-hydrogen) atoms. The molecule has 0 atom stereocenters. The number of carbonyl (C=O) groups excluding carboxylic acids is 2. The van der Waals surface area contributed by atoms with Gasteiger partial charge in [-0.25, -0.2) is 0 Å². The van der Waals surface area contributed by atoms with Crippen LogP contribution in [0.3, 0.4) is 0 Å². The number of benzene rings is 2. The lowest BCUT2D eigenvalue weighted by Gasteiger charge is -2.26. The van der Waals surface area contributed by atoms with Gasteiger partial charge in [0, 0.05) is 18.3 Å². The molecule has 3 rings (SSSR count). The highest BCUT2D eigenvalue weighted by molar-refractivity contribution is 6.08. The van der Waals surface area contributed by atoms with E-state index >= 15 is 0 Å². The fourth-order valence-electron chi connectivity index (χ4n) is 3.21. The third-order valence-corrected chi connectivity index (χ3v) is 5.31. The summed E-state index contributed by atoms with van der Waals surface area (Å²) in [6.45, 7) is 5.87. The van der Waals surface area contributed by atoms with Crippen LogP contribution in [0.1, 0.15) is 46.6 Å². The number of allylic oxidation sites excluding steroid dienone is 1. The standard InChI is InChI=1S/C27H29NO4/c1-20-8-14-23(15-9-20)25(29)24-7-5-18-28(24)17-4-6-21-10-12-22(13-11-21)16-19-32-27(2,3)26(30)31/h4-15,18H,16-17,19H2,1-3H3,(H,30,31)/p-1/b6-4+. The zero-order valence-electron chi connectivity index (χ0n) is 18.7. The molecule has 0 N–H and O–H groups in total. The Morgan fingerprint density at radius 2 is 1.72 bits per heavy atom. The molecule has 0 amide bonds. The van der Waals surface area contributed by atoms with Crippen LogP contribution in [0.2, 0.25) is 0 Å². The molecule has 3 aromatic rings. The molecule has 166 valence electrons. The van der Waals surface area contributed by atoms with Gasteiger partial charge in [0.1, 0.15) is 5.60 Å². The van der Waals surface area contributed by atoms with E-state index in [0.717, 1.165) is 16.7 Å². The molecule has 0 saturated carbocycles. The minimum absolute atomic E-state index is 0.0110. The Morgan fingerprint density at radius 1 is 1.03 bits per heavy atom. The molecule has 5 heteroatoms. The molecule has 0 fully saturated rings. The Kier molecular flexibility index (Phi) is 7.44. The first-order valence-electron chi connectivity index (χ1n) is 10.6. The van der Waals surface area contributed by atoms with E-state index in [1.807, 2.05) is 90.5 Å². The van der Waals surface area contributed by atoms with Crippen molar-refractivity contribution in [1.82, 2.24) is 4.57 Å². The van der Waals surface area contributed by atoms with Crippen LogP contribution in [0, 0.1) is 6.92 Å². The van der Waals surface area contributed by atoms with Crippen LogP contribution in [0.4, 0.5) is 0 Å². The summed E-state index contributed by atoms with van der Waals surface area (Å²) < 4.78 is 7.33. The van der Waals surface area contributed by atoms with Gasteiger partial charge >= 0.3 is 0 Å². The van der Waals surface area contributed by atoms with E-state index in [9.17, 15) is 14.7 Å². The summed E-state index contributed by atoms with van der Waals surface area (Å²) in [7, 11) is 0. The van der Waals surface area contributed by atoms with E-state index in [0.29, 0.717) is 30.8 Å². The van der Waals surface area contributed by atoms with Gasteiger partial charge in [-0.1, -0.05) is 66.2 Å². The zero-order valence-corrected chi connectivity index (χ0v) is 18.7. The third-order valence-electron chi connectivity index (χ3n) is 5.31. The number of carboxylic acid groups (broad SMARTS) is 1. The van der Waals surface area contributed by atoms with Crippen molar-refractivity contribution in [3.8, 4) is 0 Å². The molecule has 0 spiro atoms. The van der Waals surface area contributed by atoms with Gasteiger partial charge in [0.25, 0.3) is 0 Å². The maximum atomic E-state index is 12.8. The highest BCUT2D eigenvalue weighted by Gasteiger charge is 2.19. The number of aryl methyl sites for hydroxylation is 1. The lowest BCUT2D eigenvalue weighted by atomic mass is 10.1. The third kappa shape index (κ3) is 6.05. The van der Waals surface area contributed by atoms with Gasteiger partial charge in [0.2, 0.25) is 5.78 Å². The van der Waals surface area contributed by atoms with Crippen LogP contribution < -0.4 is 5.11 Å². The Morgan fingerprint density at radius 3 is 2.38 bits per heavy atom. The molecule has 0 radical (unpaired) electrons. The van der Waals surface area contributed by atoms with Crippen molar-refractivity contribution < 1.29 is 19.4 Å². The van der Waals surface area contributed by atoms with Crippen molar-refractivity contribution in [2.45, 2.75) is 39.3 Å². The zero-order chi connectivity index (χ0) is 23.1. The Bertz CT molecular complexity index is 1090. The number of nitrogens with zero attached hydrogens (tertiary/aromatic N) is 1. The second kappa shape index (κ2) is 10.2. The predicted molar refractivity (Wildman–Crippen MR) is 123 cm³/mol. The quantitative estimate of drug-likeness (QED) is 0.459. The second-order valence-electron chi connectivity index (χ2n) is 8.28. The van der Waals surface area contributed by atoms with E-state index < -0.39 is 11.6 Å². The summed E-state index contributed by atoms with van der Waals surface area (Å²) in [6.07, 6.45) is 6.56. The van der Waals surface area contributed by atoms with Gasteiger partial charge in [-0.15, -0.1) is 0 Å². The fraction of sp³-hybridized carbons (Fsp3) is 0.259. The number of rotatable bonds is 10. The molecule has 1 heterocycles. The first-order chi connectivity index (χ1) is 15.3. The van der Waals surface area contributed by atoms with Crippen LogP contribution in [0.5, 0.6) is 0 Å². The van der Waals surface area contributed by atoms with Crippen molar-refractivity contribution in [3.63, 3.8) is 0 Å².